The summed E-state index contributed by atoms with van der Waals surface area (Å²) in [5.41, 5.74) is -0.985. The first kappa shape index (κ1) is 28.5. The van der Waals surface area contributed by atoms with Crippen molar-refractivity contribution in [2.75, 3.05) is 0 Å². The van der Waals surface area contributed by atoms with Crippen LogP contribution in [0.25, 0.3) is 28.3 Å². The van der Waals surface area contributed by atoms with E-state index in [1.54, 1.807) is 24.3 Å². The highest BCUT2D eigenvalue weighted by atomic mass is 19.4. The molecule has 40 heavy (non-hydrogen) atoms. The number of ether oxygens (including phenoxy) is 1. The maximum absolute atomic E-state index is 14.8. The summed E-state index contributed by atoms with van der Waals surface area (Å²) in [5.74, 6) is -8.20. The largest absolute Gasteiger partial charge is 0.423 e. The second-order valence-electron chi connectivity index (χ2n) is 8.63. The van der Waals surface area contributed by atoms with Gasteiger partial charge in [0.1, 0.15) is 40.4 Å². The minimum atomic E-state index is -4.80. The summed E-state index contributed by atoms with van der Waals surface area (Å²) in [4.78, 5) is 12.5. The second kappa shape index (κ2) is 11.3. The molecule has 0 N–H and O–H groups in total. The standard InChI is InChI=1S/C30H18F8O2/c1-2-16-3-5-17(6-4-16)18-11-26(34)28(27(35)12-18)29(39)40-20-7-8-21(25(33)15-20)19-13-23(31)22(24(32)14-19)9-10-30(36,37)38/h3-15H,2H2,1H3/b10-9+. The Kier molecular flexibility index (Phi) is 8.08. The first-order valence-electron chi connectivity index (χ1n) is 11.7. The highest BCUT2D eigenvalue weighted by molar-refractivity contribution is 5.92. The number of rotatable bonds is 6. The summed E-state index contributed by atoms with van der Waals surface area (Å²) < 4.78 is 115. The predicted molar refractivity (Wildman–Crippen MR) is 133 cm³/mol. The average molecular weight is 562 g/mol. The van der Waals surface area contributed by atoms with Crippen molar-refractivity contribution in [2.24, 2.45) is 0 Å². The van der Waals surface area contributed by atoms with Gasteiger partial charge in [-0.25, -0.2) is 26.7 Å². The van der Waals surface area contributed by atoms with Crippen LogP contribution in [0.2, 0.25) is 0 Å². The Hall–Kier alpha value is -4.47. The number of benzene rings is 4. The van der Waals surface area contributed by atoms with E-state index >= 15 is 0 Å². The summed E-state index contributed by atoms with van der Waals surface area (Å²) >= 11 is 0. The monoisotopic (exact) mass is 562 g/mol. The van der Waals surface area contributed by atoms with E-state index in [1.165, 1.54) is 0 Å². The van der Waals surface area contributed by atoms with Gasteiger partial charge in [-0.05, 0) is 71.1 Å². The SMILES string of the molecule is CCc1ccc(-c2cc(F)c(C(=O)Oc3ccc(-c4cc(F)c(/C=C/C(F)(F)F)c(F)c4)c(F)c3)c(F)c2)cc1. The van der Waals surface area contributed by atoms with Crippen molar-refractivity contribution in [3.05, 3.63) is 119 Å². The van der Waals surface area contributed by atoms with Crippen LogP contribution in [-0.2, 0) is 6.42 Å². The Morgan fingerprint density at radius 2 is 1.30 bits per heavy atom. The molecule has 0 spiro atoms. The summed E-state index contributed by atoms with van der Waals surface area (Å²) in [6, 6.07) is 12.8. The van der Waals surface area contributed by atoms with Crippen LogP contribution in [0.1, 0.15) is 28.4 Å². The number of alkyl halides is 3. The maximum Gasteiger partial charge on any atom is 0.409 e. The Bertz CT molecular complexity index is 1560. The van der Waals surface area contributed by atoms with E-state index in [-0.39, 0.29) is 28.8 Å². The minimum Gasteiger partial charge on any atom is -0.423 e. The lowest BCUT2D eigenvalue weighted by molar-refractivity contribution is -0.0790. The summed E-state index contributed by atoms with van der Waals surface area (Å²) in [7, 11) is 0. The fourth-order valence-corrected chi connectivity index (χ4v) is 3.90. The smallest absolute Gasteiger partial charge is 0.409 e. The van der Waals surface area contributed by atoms with Crippen LogP contribution in [0.5, 0.6) is 5.75 Å². The van der Waals surface area contributed by atoms with Gasteiger partial charge in [-0.2, -0.15) is 13.2 Å². The zero-order valence-electron chi connectivity index (χ0n) is 20.6. The van der Waals surface area contributed by atoms with E-state index in [2.05, 4.69) is 0 Å². The molecule has 0 aliphatic rings. The molecular weight excluding hydrogens is 544 g/mol. The number of esters is 1. The molecule has 0 unspecified atom stereocenters. The molecule has 0 saturated heterocycles. The van der Waals surface area contributed by atoms with Gasteiger partial charge in [-0.1, -0.05) is 31.2 Å². The van der Waals surface area contributed by atoms with Crippen molar-refractivity contribution in [3.63, 3.8) is 0 Å². The zero-order chi connectivity index (χ0) is 29.2. The first-order valence-corrected chi connectivity index (χ1v) is 11.7. The summed E-state index contributed by atoms with van der Waals surface area (Å²) in [6.45, 7) is 1.95. The lowest BCUT2D eigenvalue weighted by atomic mass is 10.0. The summed E-state index contributed by atoms with van der Waals surface area (Å²) in [5, 5.41) is 0. The van der Waals surface area contributed by atoms with Gasteiger partial charge < -0.3 is 4.74 Å². The third-order valence-corrected chi connectivity index (χ3v) is 5.92. The molecule has 0 fully saturated rings. The van der Waals surface area contributed by atoms with Gasteiger partial charge in [-0.3, -0.25) is 0 Å². The zero-order valence-corrected chi connectivity index (χ0v) is 20.6. The van der Waals surface area contributed by atoms with Crippen LogP contribution >= 0.6 is 0 Å². The molecule has 0 bridgehead atoms. The average Bonchev–Trinajstić information content (AvgIpc) is 2.87. The van der Waals surface area contributed by atoms with Crippen LogP contribution < -0.4 is 4.74 Å². The van der Waals surface area contributed by atoms with Crippen LogP contribution in [0.15, 0.2) is 72.8 Å². The number of hydrogen-bond donors (Lipinski definition) is 0. The van der Waals surface area contributed by atoms with Crippen molar-refractivity contribution >= 4 is 12.0 Å². The van der Waals surface area contributed by atoms with Crippen LogP contribution in [0.3, 0.4) is 0 Å². The fourth-order valence-electron chi connectivity index (χ4n) is 3.90. The quantitative estimate of drug-likeness (QED) is 0.133. The van der Waals surface area contributed by atoms with Gasteiger partial charge in [0.15, 0.2) is 0 Å². The van der Waals surface area contributed by atoms with Crippen molar-refractivity contribution in [3.8, 4) is 28.0 Å². The van der Waals surface area contributed by atoms with Gasteiger partial charge in [0, 0.05) is 23.3 Å². The lowest BCUT2D eigenvalue weighted by Crippen LogP contribution is -2.13. The topological polar surface area (TPSA) is 26.3 Å². The number of hydrogen-bond acceptors (Lipinski definition) is 2. The van der Waals surface area contributed by atoms with Crippen molar-refractivity contribution in [2.45, 2.75) is 19.5 Å². The molecule has 4 rings (SSSR count). The van der Waals surface area contributed by atoms with Crippen LogP contribution in [0, 0.1) is 29.1 Å². The van der Waals surface area contributed by atoms with Crippen LogP contribution in [0.4, 0.5) is 35.1 Å². The Morgan fingerprint density at radius 1 is 0.725 bits per heavy atom. The van der Waals surface area contributed by atoms with Gasteiger partial charge in [0.05, 0.1) is 0 Å². The molecule has 0 aliphatic heterocycles. The number of carbonyl (C=O) groups is 1. The summed E-state index contributed by atoms with van der Waals surface area (Å²) in [6.07, 6.45) is -4.16. The molecular formula is C30H18F8O2. The molecule has 206 valence electrons. The molecule has 0 amide bonds. The van der Waals surface area contributed by atoms with Gasteiger partial charge >= 0.3 is 12.1 Å². The van der Waals surface area contributed by atoms with E-state index in [4.69, 9.17) is 4.74 Å². The Labute approximate surface area is 223 Å². The lowest BCUT2D eigenvalue weighted by Gasteiger charge is -2.11. The number of aryl methyl sites for hydroxylation is 1. The molecule has 4 aromatic rings. The molecule has 0 aliphatic carbocycles. The second-order valence-corrected chi connectivity index (χ2v) is 8.63. The van der Waals surface area contributed by atoms with Crippen molar-refractivity contribution in [1.82, 2.24) is 0 Å². The van der Waals surface area contributed by atoms with E-state index in [9.17, 15) is 39.9 Å². The predicted octanol–water partition coefficient (Wildman–Crippen LogP) is 9.07. The third-order valence-electron chi connectivity index (χ3n) is 5.92. The fraction of sp³-hybridized carbons (Fsp3) is 0.100. The van der Waals surface area contributed by atoms with Gasteiger partial charge in [0.2, 0.25) is 0 Å². The van der Waals surface area contributed by atoms with Crippen molar-refractivity contribution in [1.29, 1.82) is 0 Å². The van der Waals surface area contributed by atoms with E-state index in [0.717, 1.165) is 36.2 Å². The molecule has 0 saturated carbocycles. The molecule has 10 heteroatoms. The highest BCUT2D eigenvalue weighted by Crippen LogP contribution is 2.31. The van der Waals surface area contributed by atoms with E-state index in [0.29, 0.717) is 23.8 Å². The molecule has 0 heterocycles. The highest BCUT2D eigenvalue weighted by Gasteiger charge is 2.24. The van der Waals surface area contributed by atoms with E-state index in [1.807, 2.05) is 6.92 Å². The molecule has 0 aromatic heterocycles. The van der Waals surface area contributed by atoms with Crippen LogP contribution in [-0.4, -0.2) is 12.1 Å². The molecule has 0 atom stereocenters. The third kappa shape index (κ3) is 6.39. The number of halogens is 8. The van der Waals surface area contributed by atoms with Gasteiger partial charge in [0.25, 0.3) is 0 Å². The Balaban J connectivity index is 1.56. The first-order chi connectivity index (χ1) is 18.9. The normalized spacial score (nSPS) is 11.7. The molecule has 2 nitrogen and oxygen atoms in total. The maximum atomic E-state index is 14.8. The molecule has 0 radical (unpaired) electrons. The van der Waals surface area contributed by atoms with E-state index < -0.39 is 58.1 Å². The van der Waals surface area contributed by atoms with Gasteiger partial charge in [-0.15, -0.1) is 0 Å². The number of carbonyl (C=O) groups excluding carboxylic acids is 1. The molecule has 4 aromatic carbocycles. The minimum absolute atomic E-state index is 0.184. The number of allylic oxidation sites excluding steroid dienone is 1. The Morgan fingerprint density at radius 3 is 1.82 bits per heavy atom. The van der Waals surface area contributed by atoms with Crippen molar-refractivity contribution < 1.29 is 44.7 Å².